The molecule has 0 saturated heterocycles. The van der Waals surface area contributed by atoms with Crippen molar-refractivity contribution in [3.63, 3.8) is 0 Å². The van der Waals surface area contributed by atoms with Gasteiger partial charge in [-0.2, -0.15) is 5.10 Å². The van der Waals surface area contributed by atoms with Crippen molar-refractivity contribution in [3.8, 4) is 0 Å². The zero-order chi connectivity index (χ0) is 22.8. The molecule has 2 aromatic heterocycles. The van der Waals surface area contributed by atoms with E-state index >= 15 is 0 Å². The summed E-state index contributed by atoms with van der Waals surface area (Å²) in [6.45, 7) is 14.6. The van der Waals surface area contributed by atoms with E-state index in [0.717, 1.165) is 44.6 Å². The highest BCUT2D eigenvalue weighted by atomic mass is 32.2. The summed E-state index contributed by atoms with van der Waals surface area (Å²) in [4.78, 5) is 14.4. The summed E-state index contributed by atoms with van der Waals surface area (Å²) in [7, 11) is 0.799. The van der Waals surface area contributed by atoms with Crippen LogP contribution < -0.4 is 0 Å². The van der Waals surface area contributed by atoms with Gasteiger partial charge in [0.2, 0.25) is 0 Å². The molecule has 0 aliphatic rings. The van der Waals surface area contributed by atoms with Crippen LogP contribution in [-0.4, -0.2) is 41.6 Å². The molecule has 0 unspecified atom stereocenters. The lowest BCUT2D eigenvalue weighted by molar-refractivity contribution is 0.0515. The van der Waals surface area contributed by atoms with E-state index in [1.54, 1.807) is 11.8 Å². The van der Waals surface area contributed by atoms with Gasteiger partial charge in [-0.15, -0.1) is 0 Å². The first-order valence-electron chi connectivity index (χ1n) is 10.7. The Labute approximate surface area is 189 Å². The second kappa shape index (κ2) is 9.63. The lowest BCUT2D eigenvalue weighted by Crippen LogP contribution is -2.22. The molecule has 3 rings (SSSR count). The maximum Gasteiger partial charge on any atom is 0.354 e. The van der Waals surface area contributed by atoms with Crippen molar-refractivity contribution in [3.05, 3.63) is 41.3 Å². The first-order valence-corrected chi connectivity index (χ1v) is 15.2. The fourth-order valence-corrected chi connectivity index (χ4v) is 5.29. The number of esters is 1. The van der Waals surface area contributed by atoms with Crippen LogP contribution in [0, 0.1) is 13.8 Å². The predicted molar refractivity (Wildman–Crippen MR) is 129 cm³/mol. The van der Waals surface area contributed by atoms with E-state index in [4.69, 9.17) is 9.47 Å². The van der Waals surface area contributed by atoms with Crippen molar-refractivity contribution in [1.29, 1.82) is 0 Å². The Kier molecular flexibility index (Phi) is 7.34. The Morgan fingerprint density at radius 1 is 1.19 bits per heavy atom. The third-order valence-corrected chi connectivity index (χ3v) is 8.12. The second-order valence-corrected chi connectivity index (χ2v) is 15.8. The van der Waals surface area contributed by atoms with Gasteiger partial charge in [-0.3, -0.25) is 0 Å². The van der Waals surface area contributed by atoms with Crippen molar-refractivity contribution in [2.75, 3.05) is 13.2 Å². The molecule has 2 heterocycles. The molecular formula is C23H33N3O3SSi. The van der Waals surface area contributed by atoms with Crippen molar-refractivity contribution in [1.82, 2.24) is 14.3 Å². The molecule has 0 saturated carbocycles. The van der Waals surface area contributed by atoms with Gasteiger partial charge < -0.3 is 14.0 Å². The molecule has 168 valence electrons. The summed E-state index contributed by atoms with van der Waals surface area (Å²) in [5, 5.41) is 5.64. The van der Waals surface area contributed by atoms with Gasteiger partial charge in [0.05, 0.1) is 18.3 Å². The van der Waals surface area contributed by atoms with Crippen LogP contribution in [0.2, 0.25) is 25.7 Å². The number of rotatable bonds is 9. The zero-order valence-electron chi connectivity index (χ0n) is 19.6. The Bertz CT molecular complexity index is 1080. The average Bonchev–Trinajstić information content (AvgIpc) is 3.21. The molecule has 0 fully saturated rings. The van der Waals surface area contributed by atoms with Gasteiger partial charge in [-0.25, -0.2) is 9.48 Å². The molecule has 6 nitrogen and oxygen atoms in total. The highest BCUT2D eigenvalue weighted by Crippen LogP contribution is 2.35. The van der Waals surface area contributed by atoms with Crippen molar-refractivity contribution in [2.24, 2.45) is 7.05 Å². The number of fused-ring (bicyclic) bond motifs is 1. The summed E-state index contributed by atoms with van der Waals surface area (Å²) in [5.41, 5.74) is 3.88. The van der Waals surface area contributed by atoms with Gasteiger partial charge in [-0.1, -0.05) is 31.4 Å². The Morgan fingerprint density at radius 2 is 1.94 bits per heavy atom. The van der Waals surface area contributed by atoms with Gasteiger partial charge in [-0.05, 0) is 50.6 Å². The third-order valence-electron chi connectivity index (χ3n) is 5.31. The molecule has 1 aromatic carbocycles. The number of aromatic nitrogens is 3. The normalized spacial score (nSPS) is 12.0. The minimum absolute atomic E-state index is 0.290. The van der Waals surface area contributed by atoms with Crippen LogP contribution in [-0.2, 0) is 23.3 Å². The number of hydrogen-bond acceptors (Lipinski definition) is 5. The number of hydrogen-bond donors (Lipinski definition) is 0. The molecule has 0 aliphatic carbocycles. The standard InChI is InChI=1S/C23H33N3O3SSi/c1-8-29-23(27)20-13-21(17(3)25(20)4)30-19-11-16(2)22-18(12-19)14-24-26(22)15-28-9-10-31(5,6)7/h11-14H,8-10,15H2,1-7H3. The van der Waals surface area contributed by atoms with Crippen LogP contribution >= 0.6 is 11.8 Å². The zero-order valence-corrected chi connectivity index (χ0v) is 21.4. The van der Waals surface area contributed by atoms with Crippen LogP contribution in [0.4, 0.5) is 0 Å². The van der Waals surface area contributed by atoms with Crippen molar-refractivity contribution >= 4 is 36.7 Å². The average molecular weight is 460 g/mol. The van der Waals surface area contributed by atoms with Crippen molar-refractivity contribution < 1.29 is 14.3 Å². The number of carbonyl (C=O) groups is 1. The molecular weight excluding hydrogens is 426 g/mol. The van der Waals surface area contributed by atoms with Gasteiger partial charge in [0.25, 0.3) is 0 Å². The molecule has 0 amide bonds. The Hall–Kier alpha value is -2.03. The minimum Gasteiger partial charge on any atom is -0.461 e. The number of ether oxygens (including phenoxy) is 2. The first-order chi connectivity index (χ1) is 14.6. The lowest BCUT2D eigenvalue weighted by Gasteiger charge is -2.15. The molecule has 0 radical (unpaired) electrons. The van der Waals surface area contributed by atoms with E-state index in [-0.39, 0.29) is 5.97 Å². The van der Waals surface area contributed by atoms with Gasteiger partial charge in [0.15, 0.2) is 0 Å². The third kappa shape index (κ3) is 5.61. The highest BCUT2D eigenvalue weighted by molar-refractivity contribution is 7.99. The number of benzene rings is 1. The SMILES string of the molecule is CCOC(=O)c1cc(Sc2cc(C)c3c(cnn3COCC[Si](C)(C)C)c2)c(C)n1C. The van der Waals surface area contributed by atoms with Crippen LogP contribution in [0.25, 0.3) is 10.9 Å². The number of nitrogens with zero attached hydrogens (tertiary/aromatic N) is 3. The van der Waals surface area contributed by atoms with Crippen LogP contribution in [0.3, 0.4) is 0 Å². The number of aryl methyl sites for hydroxylation is 1. The second-order valence-electron chi connectivity index (χ2n) is 9.03. The summed E-state index contributed by atoms with van der Waals surface area (Å²) in [5.74, 6) is -0.290. The summed E-state index contributed by atoms with van der Waals surface area (Å²) >= 11 is 1.65. The quantitative estimate of drug-likeness (QED) is 0.236. The van der Waals surface area contributed by atoms with E-state index in [1.807, 2.05) is 42.4 Å². The summed E-state index contributed by atoms with van der Waals surface area (Å²) in [6, 6.07) is 7.38. The van der Waals surface area contributed by atoms with Crippen LogP contribution in [0.1, 0.15) is 28.7 Å². The molecule has 0 bridgehead atoms. The van der Waals surface area contributed by atoms with Gasteiger partial charge in [0, 0.05) is 42.6 Å². The number of carbonyl (C=O) groups excluding carboxylic acids is 1. The maximum atomic E-state index is 12.2. The van der Waals surface area contributed by atoms with Gasteiger partial charge >= 0.3 is 5.97 Å². The smallest absolute Gasteiger partial charge is 0.354 e. The molecule has 3 aromatic rings. The van der Waals surface area contributed by atoms with Crippen LogP contribution in [0.15, 0.2) is 34.2 Å². The Morgan fingerprint density at radius 3 is 2.61 bits per heavy atom. The molecule has 8 heteroatoms. The summed E-state index contributed by atoms with van der Waals surface area (Å²) < 4.78 is 14.9. The van der Waals surface area contributed by atoms with Gasteiger partial charge in [0.1, 0.15) is 12.4 Å². The maximum absolute atomic E-state index is 12.2. The predicted octanol–water partition coefficient (Wildman–Crippen LogP) is 5.63. The monoisotopic (exact) mass is 459 g/mol. The van der Waals surface area contributed by atoms with Crippen LogP contribution in [0.5, 0.6) is 0 Å². The highest BCUT2D eigenvalue weighted by Gasteiger charge is 2.18. The fourth-order valence-electron chi connectivity index (χ4n) is 3.40. The Balaban J connectivity index is 1.78. The first kappa shape index (κ1) is 23.6. The molecule has 0 spiro atoms. The van der Waals surface area contributed by atoms with Crippen molar-refractivity contribution in [2.45, 2.75) is 63.0 Å². The van der Waals surface area contributed by atoms with E-state index in [9.17, 15) is 4.79 Å². The van der Waals surface area contributed by atoms with E-state index in [1.165, 1.54) is 0 Å². The summed E-state index contributed by atoms with van der Waals surface area (Å²) in [6.07, 6.45) is 1.90. The van der Waals surface area contributed by atoms with E-state index < -0.39 is 8.07 Å². The lowest BCUT2D eigenvalue weighted by atomic mass is 10.2. The molecule has 31 heavy (non-hydrogen) atoms. The molecule has 0 N–H and O–H groups in total. The van der Waals surface area contributed by atoms with E-state index in [0.29, 0.717) is 19.0 Å². The fraction of sp³-hybridized carbons (Fsp3) is 0.478. The topological polar surface area (TPSA) is 58.3 Å². The van der Waals surface area contributed by atoms with E-state index in [2.05, 4.69) is 43.8 Å². The largest absolute Gasteiger partial charge is 0.461 e. The minimum atomic E-state index is -1.10. The molecule has 0 aliphatic heterocycles. The molecule has 0 atom stereocenters.